The molecule has 0 radical (unpaired) electrons. The van der Waals surface area contributed by atoms with Crippen LogP contribution in [0.15, 0.2) is 36.7 Å². The summed E-state index contributed by atoms with van der Waals surface area (Å²) in [4.78, 5) is 8.32. The first-order chi connectivity index (χ1) is 9.93. The summed E-state index contributed by atoms with van der Waals surface area (Å²) in [7, 11) is 0. The van der Waals surface area contributed by atoms with Gasteiger partial charge in [-0.15, -0.1) is 0 Å². The molecule has 3 aromatic rings. The Balaban J connectivity index is 1.93. The lowest BCUT2D eigenvalue weighted by molar-refractivity contribution is -0.137. The topological polar surface area (TPSA) is 55.1 Å². The van der Waals surface area contributed by atoms with E-state index in [4.69, 9.17) is 0 Å². The summed E-state index contributed by atoms with van der Waals surface area (Å²) >= 11 is 0. The van der Waals surface area contributed by atoms with Gasteiger partial charge in [0.25, 0.3) is 0 Å². The van der Waals surface area contributed by atoms with E-state index in [0.29, 0.717) is 17.3 Å². The molecule has 0 atom stereocenters. The summed E-state index contributed by atoms with van der Waals surface area (Å²) in [5.41, 5.74) is 1.12. The second-order valence-electron chi connectivity index (χ2n) is 4.45. The third-order valence-electron chi connectivity index (χ3n) is 2.86. The van der Waals surface area contributed by atoms with E-state index in [2.05, 4.69) is 20.4 Å². The van der Waals surface area contributed by atoms with Crippen molar-refractivity contribution >= 4 is 17.3 Å². The average molecular weight is 293 g/mol. The fourth-order valence-corrected chi connectivity index (χ4v) is 1.90. The number of nitrogens with one attached hydrogen (secondary N) is 1. The van der Waals surface area contributed by atoms with Gasteiger partial charge in [0.2, 0.25) is 5.95 Å². The average Bonchev–Trinajstić information content (AvgIpc) is 2.86. The lowest BCUT2D eigenvalue weighted by atomic mass is 10.2. The zero-order chi connectivity index (χ0) is 15.0. The molecule has 0 bridgehead atoms. The van der Waals surface area contributed by atoms with E-state index in [0.717, 1.165) is 17.8 Å². The van der Waals surface area contributed by atoms with Crippen molar-refractivity contribution < 1.29 is 13.2 Å². The van der Waals surface area contributed by atoms with Crippen LogP contribution in [0.3, 0.4) is 0 Å². The summed E-state index contributed by atoms with van der Waals surface area (Å²) in [6.07, 6.45) is -2.96. The van der Waals surface area contributed by atoms with E-state index in [1.165, 1.54) is 23.0 Å². The van der Waals surface area contributed by atoms with Crippen LogP contribution in [0.1, 0.15) is 11.3 Å². The van der Waals surface area contributed by atoms with Gasteiger partial charge in [0.1, 0.15) is 6.33 Å². The molecule has 0 saturated carbocycles. The van der Waals surface area contributed by atoms with Gasteiger partial charge in [-0.25, -0.2) is 9.97 Å². The molecule has 0 aliphatic heterocycles. The molecule has 5 nitrogen and oxygen atoms in total. The smallest absolute Gasteiger partial charge is 0.324 e. The Labute approximate surface area is 117 Å². The lowest BCUT2D eigenvalue weighted by Crippen LogP contribution is -2.06. The number of hydrogen-bond donors (Lipinski definition) is 1. The van der Waals surface area contributed by atoms with E-state index in [1.54, 1.807) is 13.0 Å². The van der Waals surface area contributed by atoms with Gasteiger partial charge in [-0.3, -0.25) is 0 Å². The zero-order valence-electron chi connectivity index (χ0n) is 10.9. The Kier molecular flexibility index (Phi) is 3.00. The highest BCUT2D eigenvalue weighted by Gasteiger charge is 2.29. The third kappa shape index (κ3) is 2.64. The molecule has 0 amide bonds. The first-order valence-corrected chi connectivity index (χ1v) is 6.05. The molecule has 2 aromatic heterocycles. The lowest BCUT2D eigenvalue weighted by Gasteiger charge is -2.10. The zero-order valence-corrected chi connectivity index (χ0v) is 10.9. The van der Waals surface area contributed by atoms with Crippen molar-refractivity contribution in [2.45, 2.75) is 13.1 Å². The largest absolute Gasteiger partial charge is 0.416 e. The molecule has 0 aliphatic carbocycles. The molecule has 108 valence electrons. The molecule has 1 aromatic carbocycles. The predicted octanol–water partition coefficient (Wildman–Crippen LogP) is 3.20. The highest BCUT2D eigenvalue weighted by Crippen LogP contribution is 2.30. The van der Waals surface area contributed by atoms with Crippen LogP contribution >= 0.6 is 0 Å². The first-order valence-electron chi connectivity index (χ1n) is 6.05. The minimum Gasteiger partial charge on any atom is -0.324 e. The standard InChI is InChI=1S/C13H10F3N5/c1-8-6-11-17-7-18-21(11)12(19-8)20-10-4-2-9(3-5-10)13(14,15)16/h2-7H,1H3,(H,19,20). The van der Waals surface area contributed by atoms with E-state index < -0.39 is 11.7 Å². The monoisotopic (exact) mass is 293 g/mol. The highest BCUT2D eigenvalue weighted by molar-refractivity contribution is 5.57. The number of alkyl halides is 3. The van der Waals surface area contributed by atoms with Crippen molar-refractivity contribution in [3.63, 3.8) is 0 Å². The van der Waals surface area contributed by atoms with Crippen LogP contribution < -0.4 is 5.32 Å². The van der Waals surface area contributed by atoms with Crippen LogP contribution in [0.4, 0.5) is 24.8 Å². The van der Waals surface area contributed by atoms with Crippen molar-refractivity contribution in [1.29, 1.82) is 0 Å². The van der Waals surface area contributed by atoms with Crippen LogP contribution in [0.5, 0.6) is 0 Å². The maximum Gasteiger partial charge on any atom is 0.416 e. The second-order valence-corrected chi connectivity index (χ2v) is 4.45. The van der Waals surface area contributed by atoms with Gasteiger partial charge in [-0.2, -0.15) is 22.8 Å². The van der Waals surface area contributed by atoms with Gasteiger partial charge < -0.3 is 5.32 Å². The molecular formula is C13H10F3N5. The van der Waals surface area contributed by atoms with E-state index in [-0.39, 0.29) is 0 Å². The number of rotatable bonds is 2. The maximum absolute atomic E-state index is 12.5. The van der Waals surface area contributed by atoms with E-state index in [9.17, 15) is 13.2 Å². The Morgan fingerprint density at radius 1 is 1.14 bits per heavy atom. The van der Waals surface area contributed by atoms with Crippen LogP contribution in [-0.4, -0.2) is 19.6 Å². The highest BCUT2D eigenvalue weighted by atomic mass is 19.4. The van der Waals surface area contributed by atoms with Crippen molar-refractivity contribution in [2.24, 2.45) is 0 Å². The number of fused-ring (bicyclic) bond motifs is 1. The molecule has 0 saturated heterocycles. The molecule has 0 unspecified atom stereocenters. The van der Waals surface area contributed by atoms with Crippen LogP contribution in [0, 0.1) is 6.92 Å². The van der Waals surface area contributed by atoms with Crippen molar-refractivity contribution in [3.8, 4) is 0 Å². The number of benzene rings is 1. The summed E-state index contributed by atoms with van der Waals surface area (Å²) in [5.74, 6) is 0.391. The van der Waals surface area contributed by atoms with Crippen LogP contribution in [0.2, 0.25) is 0 Å². The Bertz CT molecular complexity index is 777. The summed E-state index contributed by atoms with van der Waals surface area (Å²) in [6.45, 7) is 1.80. The number of nitrogens with zero attached hydrogens (tertiary/aromatic N) is 4. The summed E-state index contributed by atoms with van der Waals surface area (Å²) in [6, 6.07) is 6.46. The van der Waals surface area contributed by atoms with Crippen LogP contribution in [-0.2, 0) is 6.18 Å². The van der Waals surface area contributed by atoms with E-state index >= 15 is 0 Å². The maximum atomic E-state index is 12.5. The quantitative estimate of drug-likeness (QED) is 0.788. The molecule has 8 heteroatoms. The van der Waals surface area contributed by atoms with Crippen molar-refractivity contribution in [3.05, 3.63) is 47.9 Å². The predicted molar refractivity (Wildman–Crippen MR) is 70.2 cm³/mol. The molecule has 2 heterocycles. The fraction of sp³-hybridized carbons (Fsp3) is 0.154. The number of aromatic nitrogens is 4. The Morgan fingerprint density at radius 3 is 2.52 bits per heavy atom. The van der Waals surface area contributed by atoms with Gasteiger partial charge in [0.15, 0.2) is 5.65 Å². The number of anilines is 2. The first kappa shape index (κ1) is 13.3. The molecule has 1 N–H and O–H groups in total. The molecule has 0 spiro atoms. The van der Waals surface area contributed by atoms with Gasteiger partial charge in [-0.1, -0.05) is 0 Å². The summed E-state index contributed by atoms with van der Waals surface area (Å²) in [5, 5.41) is 6.95. The van der Waals surface area contributed by atoms with Gasteiger partial charge in [0.05, 0.1) is 5.56 Å². The number of aryl methyl sites for hydroxylation is 1. The van der Waals surface area contributed by atoms with Crippen molar-refractivity contribution in [2.75, 3.05) is 5.32 Å². The molecule has 0 fully saturated rings. The van der Waals surface area contributed by atoms with Gasteiger partial charge in [-0.05, 0) is 31.2 Å². The van der Waals surface area contributed by atoms with Gasteiger partial charge >= 0.3 is 6.18 Å². The molecule has 0 aliphatic rings. The minimum absolute atomic E-state index is 0.391. The Morgan fingerprint density at radius 2 is 1.86 bits per heavy atom. The fourth-order valence-electron chi connectivity index (χ4n) is 1.90. The SMILES string of the molecule is Cc1cc2ncnn2c(Nc2ccc(C(F)(F)F)cc2)n1. The summed E-state index contributed by atoms with van der Waals surface area (Å²) < 4.78 is 39.0. The number of hydrogen-bond acceptors (Lipinski definition) is 4. The molecular weight excluding hydrogens is 283 g/mol. The molecule has 3 rings (SSSR count). The van der Waals surface area contributed by atoms with Crippen molar-refractivity contribution in [1.82, 2.24) is 19.6 Å². The van der Waals surface area contributed by atoms with Crippen LogP contribution in [0.25, 0.3) is 5.65 Å². The number of halogens is 3. The van der Waals surface area contributed by atoms with E-state index in [1.807, 2.05) is 0 Å². The molecule has 21 heavy (non-hydrogen) atoms. The van der Waals surface area contributed by atoms with Gasteiger partial charge in [0, 0.05) is 17.4 Å². The second kappa shape index (κ2) is 4.72. The third-order valence-corrected chi connectivity index (χ3v) is 2.86. The Hall–Kier alpha value is -2.64. The normalized spacial score (nSPS) is 11.8. The minimum atomic E-state index is -4.35.